The van der Waals surface area contributed by atoms with Gasteiger partial charge in [-0.2, -0.15) is 0 Å². The van der Waals surface area contributed by atoms with Gasteiger partial charge in [0, 0.05) is 34.1 Å². The number of ether oxygens (including phenoxy) is 2. The topological polar surface area (TPSA) is 34.2 Å². The van der Waals surface area contributed by atoms with Crippen LogP contribution < -0.4 is 9.47 Å². The predicted octanol–water partition coefficient (Wildman–Crippen LogP) is 5.46. The van der Waals surface area contributed by atoms with Crippen LogP contribution in [0.2, 0.25) is 0 Å². The van der Waals surface area contributed by atoms with E-state index < -0.39 is 0 Å². The molecule has 1 N–H and O–H groups in total. The molecule has 0 aliphatic carbocycles. The Morgan fingerprint density at radius 3 is 2.20 bits per heavy atom. The van der Waals surface area contributed by atoms with Crippen molar-refractivity contribution in [2.24, 2.45) is 0 Å². The fraction of sp³-hybridized carbons (Fsp3) is 0.0909. The van der Waals surface area contributed by atoms with E-state index >= 15 is 0 Å². The quantitative estimate of drug-likeness (QED) is 0.467. The Morgan fingerprint density at radius 2 is 1.52 bits per heavy atom. The second kappa shape index (κ2) is 5.42. The van der Waals surface area contributed by atoms with Crippen LogP contribution in [0.15, 0.2) is 72.9 Å². The summed E-state index contributed by atoms with van der Waals surface area (Å²) in [5.74, 6) is 2.83. The average molecular weight is 327 g/mol. The van der Waals surface area contributed by atoms with Crippen LogP contribution in [0.25, 0.3) is 10.9 Å². The molecule has 0 saturated carbocycles. The van der Waals surface area contributed by atoms with Gasteiger partial charge in [-0.15, -0.1) is 0 Å². The van der Waals surface area contributed by atoms with Gasteiger partial charge < -0.3 is 14.5 Å². The summed E-state index contributed by atoms with van der Waals surface area (Å²) >= 11 is 0. The molecule has 2 heterocycles. The van der Waals surface area contributed by atoms with Crippen molar-refractivity contribution in [1.82, 2.24) is 4.98 Å². The molecule has 122 valence electrons. The zero-order valence-electron chi connectivity index (χ0n) is 13.8. The molecule has 0 saturated heterocycles. The minimum absolute atomic E-state index is 0.127. The molecular formula is C22H17NO2. The maximum absolute atomic E-state index is 6.13. The van der Waals surface area contributed by atoms with E-state index in [0.29, 0.717) is 0 Å². The molecular weight excluding hydrogens is 310 g/mol. The van der Waals surface area contributed by atoms with E-state index in [0.717, 1.165) is 22.8 Å². The molecule has 0 bridgehead atoms. The lowest BCUT2D eigenvalue weighted by Crippen LogP contribution is -2.11. The molecule has 0 radical (unpaired) electrons. The third-order valence-corrected chi connectivity index (χ3v) is 4.91. The van der Waals surface area contributed by atoms with Crippen molar-refractivity contribution in [3.63, 3.8) is 0 Å². The number of methoxy groups -OCH3 is 1. The highest BCUT2D eigenvalue weighted by molar-refractivity contribution is 5.86. The van der Waals surface area contributed by atoms with E-state index in [1.165, 1.54) is 22.1 Å². The van der Waals surface area contributed by atoms with Crippen LogP contribution in [0.1, 0.15) is 22.6 Å². The Balaban J connectivity index is 1.80. The summed E-state index contributed by atoms with van der Waals surface area (Å²) in [5, 5.41) is 1.18. The number of para-hydroxylation sites is 2. The summed E-state index contributed by atoms with van der Waals surface area (Å²) in [6.07, 6.45) is 2.10. The highest BCUT2D eigenvalue weighted by atomic mass is 16.5. The number of aromatic nitrogens is 1. The molecule has 0 unspecified atom stereocenters. The Morgan fingerprint density at radius 1 is 0.840 bits per heavy atom. The number of rotatable bonds is 2. The fourth-order valence-corrected chi connectivity index (χ4v) is 3.73. The van der Waals surface area contributed by atoms with Gasteiger partial charge in [-0.1, -0.05) is 36.4 Å². The zero-order valence-corrected chi connectivity index (χ0v) is 13.8. The smallest absolute Gasteiger partial charge is 0.131 e. The minimum atomic E-state index is 0.127. The number of H-pyrrole nitrogens is 1. The number of hydrogen-bond acceptors (Lipinski definition) is 2. The van der Waals surface area contributed by atoms with Crippen molar-refractivity contribution in [3.8, 4) is 17.2 Å². The number of nitrogens with one attached hydrogen (secondary N) is 1. The number of fused-ring (bicyclic) bond motifs is 3. The number of benzene rings is 3. The third-order valence-electron chi connectivity index (χ3n) is 4.91. The summed E-state index contributed by atoms with van der Waals surface area (Å²) in [5.41, 5.74) is 4.71. The van der Waals surface area contributed by atoms with Crippen LogP contribution in [0.5, 0.6) is 17.2 Å². The molecule has 0 spiro atoms. The summed E-state index contributed by atoms with van der Waals surface area (Å²) < 4.78 is 11.6. The van der Waals surface area contributed by atoms with Crippen molar-refractivity contribution >= 4 is 10.9 Å². The van der Waals surface area contributed by atoms with Crippen molar-refractivity contribution in [2.75, 3.05) is 7.11 Å². The predicted molar refractivity (Wildman–Crippen MR) is 98.8 cm³/mol. The summed E-state index contributed by atoms with van der Waals surface area (Å²) in [6.45, 7) is 0. The first-order valence-electron chi connectivity index (χ1n) is 8.36. The zero-order chi connectivity index (χ0) is 16.8. The van der Waals surface area contributed by atoms with Crippen LogP contribution in [0, 0.1) is 0 Å². The van der Waals surface area contributed by atoms with Gasteiger partial charge in [0.05, 0.1) is 7.11 Å². The van der Waals surface area contributed by atoms with E-state index in [4.69, 9.17) is 9.47 Å². The maximum atomic E-state index is 6.13. The molecule has 5 rings (SSSR count). The molecule has 1 aliphatic heterocycles. The SMILES string of the molecule is COc1ccc2[nH]cc(C3c4ccccc4Oc4ccccc43)c2c1. The van der Waals surface area contributed by atoms with Gasteiger partial charge in [0.2, 0.25) is 0 Å². The van der Waals surface area contributed by atoms with Gasteiger partial charge in [0.25, 0.3) is 0 Å². The van der Waals surface area contributed by atoms with Crippen molar-refractivity contribution in [3.05, 3.63) is 89.6 Å². The van der Waals surface area contributed by atoms with E-state index in [9.17, 15) is 0 Å². The summed E-state index contributed by atoms with van der Waals surface area (Å²) in [6, 6.07) is 22.7. The molecule has 3 heteroatoms. The Bertz CT molecular complexity index is 1030. The van der Waals surface area contributed by atoms with E-state index in [1.807, 2.05) is 30.3 Å². The largest absolute Gasteiger partial charge is 0.497 e. The molecule has 1 aromatic heterocycles. The molecule has 4 aromatic rings. The first-order chi connectivity index (χ1) is 12.3. The van der Waals surface area contributed by atoms with Crippen molar-refractivity contribution in [1.29, 1.82) is 0 Å². The van der Waals surface area contributed by atoms with Crippen LogP contribution in [0.4, 0.5) is 0 Å². The summed E-state index contributed by atoms with van der Waals surface area (Å²) in [7, 11) is 1.70. The molecule has 25 heavy (non-hydrogen) atoms. The lowest BCUT2D eigenvalue weighted by Gasteiger charge is -2.28. The van der Waals surface area contributed by atoms with Crippen LogP contribution >= 0.6 is 0 Å². The normalized spacial score (nSPS) is 13.2. The molecule has 3 nitrogen and oxygen atoms in total. The Hall–Kier alpha value is -3.20. The van der Waals surface area contributed by atoms with Gasteiger partial charge in [-0.25, -0.2) is 0 Å². The van der Waals surface area contributed by atoms with Crippen LogP contribution in [0.3, 0.4) is 0 Å². The fourth-order valence-electron chi connectivity index (χ4n) is 3.73. The highest BCUT2D eigenvalue weighted by Crippen LogP contribution is 2.48. The van der Waals surface area contributed by atoms with Gasteiger partial charge in [-0.3, -0.25) is 0 Å². The standard InChI is InChI=1S/C22H17NO2/c1-24-14-10-11-19-17(12-14)18(13-23-19)22-15-6-2-4-8-20(15)25-21-9-5-3-7-16(21)22/h2-13,22-23H,1H3. The first kappa shape index (κ1) is 14.2. The van der Waals surface area contributed by atoms with Gasteiger partial charge >= 0.3 is 0 Å². The first-order valence-corrected chi connectivity index (χ1v) is 8.36. The molecule has 0 amide bonds. The monoisotopic (exact) mass is 327 g/mol. The molecule has 0 atom stereocenters. The lowest BCUT2D eigenvalue weighted by molar-refractivity contribution is 0.415. The Kier molecular flexibility index (Phi) is 3.07. The van der Waals surface area contributed by atoms with Crippen molar-refractivity contribution in [2.45, 2.75) is 5.92 Å². The molecule has 1 aliphatic rings. The average Bonchev–Trinajstić information content (AvgIpc) is 3.08. The third kappa shape index (κ3) is 2.13. The number of aromatic amines is 1. The molecule has 3 aromatic carbocycles. The van der Waals surface area contributed by atoms with Crippen LogP contribution in [-0.2, 0) is 0 Å². The second-order valence-corrected chi connectivity index (χ2v) is 6.27. The minimum Gasteiger partial charge on any atom is -0.497 e. The van der Waals surface area contributed by atoms with Gasteiger partial charge in [0.15, 0.2) is 0 Å². The van der Waals surface area contributed by atoms with Gasteiger partial charge in [0.1, 0.15) is 17.2 Å². The van der Waals surface area contributed by atoms with Crippen LogP contribution in [-0.4, -0.2) is 12.1 Å². The van der Waals surface area contributed by atoms with Gasteiger partial charge in [-0.05, 0) is 35.9 Å². The number of hydrogen-bond donors (Lipinski definition) is 1. The Labute approximate surface area is 145 Å². The lowest BCUT2D eigenvalue weighted by atomic mass is 9.82. The highest BCUT2D eigenvalue weighted by Gasteiger charge is 2.29. The van der Waals surface area contributed by atoms with E-state index in [-0.39, 0.29) is 5.92 Å². The maximum Gasteiger partial charge on any atom is 0.131 e. The van der Waals surface area contributed by atoms with E-state index in [2.05, 4.69) is 47.6 Å². The molecule has 0 fully saturated rings. The van der Waals surface area contributed by atoms with Crippen molar-refractivity contribution < 1.29 is 9.47 Å². The second-order valence-electron chi connectivity index (χ2n) is 6.27. The van der Waals surface area contributed by atoms with E-state index in [1.54, 1.807) is 7.11 Å². The summed E-state index contributed by atoms with van der Waals surface area (Å²) in [4.78, 5) is 3.40.